The molecule has 0 aliphatic rings. The van der Waals surface area contributed by atoms with Crippen LogP contribution in [0.4, 0.5) is 5.69 Å². The molecule has 0 radical (unpaired) electrons. The van der Waals surface area contributed by atoms with E-state index < -0.39 is 22.5 Å². The van der Waals surface area contributed by atoms with Gasteiger partial charge in [-0.15, -0.1) is 0 Å². The summed E-state index contributed by atoms with van der Waals surface area (Å²) in [5.41, 5.74) is 0.817. The average Bonchev–Trinajstić information content (AvgIpc) is 2.53. The number of carbonyl (C=O) groups excluding carboxylic acids is 1. The number of hydrogen-bond acceptors (Lipinski definition) is 3. The van der Waals surface area contributed by atoms with Crippen LogP contribution in [0.1, 0.15) is 5.56 Å². The minimum atomic E-state index is -3.66. The summed E-state index contributed by atoms with van der Waals surface area (Å²) in [4.78, 5) is 12.3. The normalized spacial score (nSPS) is 11.6. The monoisotopic (exact) mass is 454 g/mol. The standard InChI is InChI=1S/C16H14Cl4N2O3S/c1-26(24,25)22(8-10-5-6-11(17)14(20)7-10)9-15(23)21-16-12(18)3-2-4-13(16)19/h2-7H,8-9H2,1H3,(H,21,23). The fraction of sp³-hybridized carbons (Fsp3) is 0.188. The van der Waals surface area contributed by atoms with E-state index in [4.69, 9.17) is 46.4 Å². The Hall–Kier alpha value is -1.02. The quantitative estimate of drug-likeness (QED) is 0.686. The molecule has 1 amide bonds. The van der Waals surface area contributed by atoms with Crippen LogP contribution in [0.3, 0.4) is 0 Å². The molecule has 1 N–H and O–H groups in total. The van der Waals surface area contributed by atoms with Gasteiger partial charge in [0.25, 0.3) is 0 Å². The molecule has 0 heterocycles. The molecule has 0 atom stereocenters. The highest BCUT2D eigenvalue weighted by Gasteiger charge is 2.22. The van der Waals surface area contributed by atoms with Crippen molar-refractivity contribution in [1.82, 2.24) is 4.31 Å². The fourth-order valence-corrected chi connectivity index (χ4v) is 3.64. The van der Waals surface area contributed by atoms with Crippen LogP contribution in [-0.4, -0.2) is 31.4 Å². The van der Waals surface area contributed by atoms with Crippen LogP contribution < -0.4 is 5.32 Å². The smallest absolute Gasteiger partial charge is 0.239 e. The SMILES string of the molecule is CS(=O)(=O)N(CC(=O)Nc1c(Cl)cccc1Cl)Cc1ccc(Cl)c(Cl)c1. The summed E-state index contributed by atoms with van der Waals surface area (Å²) in [5, 5.41) is 3.68. The lowest BCUT2D eigenvalue weighted by molar-refractivity contribution is -0.116. The molecule has 0 unspecified atom stereocenters. The van der Waals surface area contributed by atoms with Crippen LogP contribution in [0, 0.1) is 0 Å². The molecule has 0 aliphatic carbocycles. The minimum absolute atomic E-state index is 0.0423. The number of hydrogen-bond donors (Lipinski definition) is 1. The summed E-state index contributed by atoms with van der Waals surface area (Å²) in [6.07, 6.45) is 1.01. The van der Waals surface area contributed by atoms with E-state index in [1.165, 1.54) is 0 Å². The predicted molar refractivity (Wildman–Crippen MR) is 107 cm³/mol. The molecule has 0 saturated heterocycles. The van der Waals surface area contributed by atoms with Crippen molar-refractivity contribution in [3.63, 3.8) is 0 Å². The number of para-hydroxylation sites is 1. The van der Waals surface area contributed by atoms with Gasteiger partial charge in [-0.05, 0) is 29.8 Å². The molecule has 5 nitrogen and oxygen atoms in total. The molecule has 10 heteroatoms. The first-order chi connectivity index (χ1) is 12.1. The molecular weight excluding hydrogens is 442 g/mol. The molecule has 2 aromatic carbocycles. The predicted octanol–water partition coefficient (Wildman–Crippen LogP) is 4.70. The van der Waals surface area contributed by atoms with Gasteiger partial charge in [0.05, 0.1) is 38.6 Å². The Morgan fingerprint density at radius 1 is 1.00 bits per heavy atom. The van der Waals surface area contributed by atoms with Gasteiger partial charge in [0.15, 0.2) is 0 Å². The van der Waals surface area contributed by atoms with E-state index in [0.717, 1.165) is 10.6 Å². The first-order valence-corrected chi connectivity index (χ1v) is 10.6. The van der Waals surface area contributed by atoms with Crippen LogP contribution >= 0.6 is 46.4 Å². The largest absolute Gasteiger partial charge is 0.322 e. The summed E-state index contributed by atoms with van der Waals surface area (Å²) in [6, 6.07) is 9.50. The Labute approximate surface area is 171 Å². The molecule has 2 aromatic rings. The zero-order chi connectivity index (χ0) is 19.5. The van der Waals surface area contributed by atoms with E-state index in [9.17, 15) is 13.2 Å². The maximum Gasteiger partial charge on any atom is 0.239 e. The Kier molecular flexibility index (Phi) is 7.19. The number of halogens is 4. The molecule has 0 bridgehead atoms. The Morgan fingerprint density at radius 3 is 2.15 bits per heavy atom. The third kappa shape index (κ3) is 5.74. The Bertz CT molecular complexity index is 915. The van der Waals surface area contributed by atoms with Crippen molar-refractivity contribution in [2.24, 2.45) is 0 Å². The lowest BCUT2D eigenvalue weighted by atomic mass is 10.2. The van der Waals surface area contributed by atoms with Crippen molar-refractivity contribution >= 4 is 68.0 Å². The third-order valence-electron chi connectivity index (χ3n) is 3.36. The van der Waals surface area contributed by atoms with Crippen molar-refractivity contribution in [2.45, 2.75) is 6.54 Å². The van der Waals surface area contributed by atoms with Gasteiger partial charge in [-0.25, -0.2) is 8.42 Å². The molecular formula is C16H14Cl4N2O3S. The second-order valence-corrected chi connectivity index (χ2v) is 9.04. The van der Waals surface area contributed by atoms with Gasteiger partial charge in [-0.1, -0.05) is 58.5 Å². The zero-order valence-electron chi connectivity index (χ0n) is 13.5. The van der Waals surface area contributed by atoms with E-state index in [-0.39, 0.29) is 22.3 Å². The second-order valence-electron chi connectivity index (χ2n) is 5.42. The van der Waals surface area contributed by atoms with Crippen LogP contribution in [0.25, 0.3) is 0 Å². The van der Waals surface area contributed by atoms with Gasteiger partial charge in [0.1, 0.15) is 0 Å². The highest BCUT2D eigenvalue weighted by atomic mass is 35.5. The van der Waals surface area contributed by atoms with E-state index in [0.29, 0.717) is 15.6 Å². The van der Waals surface area contributed by atoms with Crippen molar-refractivity contribution in [3.8, 4) is 0 Å². The third-order valence-corrected chi connectivity index (χ3v) is 5.92. The van der Waals surface area contributed by atoms with E-state index >= 15 is 0 Å². The maximum absolute atomic E-state index is 12.3. The number of nitrogens with zero attached hydrogens (tertiary/aromatic N) is 1. The van der Waals surface area contributed by atoms with E-state index in [1.54, 1.807) is 36.4 Å². The minimum Gasteiger partial charge on any atom is -0.322 e. The molecule has 0 fully saturated rings. The number of anilines is 1. The number of amides is 1. The summed E-state index contributed by atoms with van der Waals surface area (Å²) < 4.78 is 25.1. The van der Waals surface area contributed by atoms with Crippen LogP contribution in [0.15, 0.2) is 36.4 Å². The van der Waals surface area contributed by atoms with Crippen LogP contribution in [0.2, 0.25) is 20.1 Å². The number of benzene rings is 2. The molecule has 0 saturated carbocycles. The molecule has 0 aliphatic heterocycles. The number of carbonyl (C=O) groups is 1. The van der Waals surface area contributed by atoms with Gasteiger partial charge in [-0.3, -0.25) is 4.79 Å². The van der Waals surface area contributed by atoms with Gasteiger partial charge in [-0.2, -0.15) is 4.31 Å². The van der Waals surface area contributed by atoms with Gasteiger partial charge in [0.2, 0.25) is 15.9 Å². The average molecular weight is 456 g/mol. The van der Waals surface area contributed by atoms with Crippen LogP contribution in [-0.2, 0) is 21.4 Å². The highest BCUT2D eigenvalue weighted by Crippen LogP contribution is 2.30. The number of sulfonamides is 1. The molecule has 0 aromatic heterocycles. The highest BCUT2D eigenvalue weighted by molar-refractivity contribution is 7.88. The summed E-state index contributed by atoms with van der Waals surface area (Å²) in [7, 11) is -3.66. The second kappa shape index (κ2) is 8.78. The summed E-state index contributed by atoms with van der Waals surface area (Å²) in [5.74, 6) is -0.578. The molecule has 0 spiro atoms. The molecule has 26 heavy (non-hydrogen) atoms. The van der Waals surface area contributed by atoms with E-state index in [1.807, 2.05) is 0 Å². The summed E-state index contributed by atoms with van der Waals surface area (Å²) in [6.45, 7) is -0.458. The Balaban J connectivity index is 2.17. The molecule has 140 valence electrons. The topological polar surface area (TPSA) is 66.5 Å². The fourth-order valence-electron chi connectivity index (χ4n) is 2.09. The van der Waals surface area contributed by atoms with E-state index in [2.05, 4.69) is 5.32 Å². The first kappa shape index (κ1) is 21.3. The van der Waals surface area contributed by atoms with Crippen LogP contribution in [0.5, 0.6) is 0 Å². The van der Waals surface area contributed by atoms with Crippen molar-refractivity contribution in [3.05, 3.63) is 62.1 Å². The zero-order valence-corrected chi connectivity index (χ0v) is 17.3. The lowest BCUT2D eigenvalue weighted by Gasteiger charge is -2.20. The van der Waals surface area contributed by atoms with Crippen molar-refractivity contribution in [1.29, 1.82) is 0 Å². The lowest BCUT2D eigenvalue weighted by Crippen LogP contribution is -2.37. The maximum atomic E-state index is 12.3. The van der Waals surface area contributed by atoms with Gasteiger partial charge in [0, 0.05) is 6.54 Å². The summed E-state index contributed by atoms with van der Waals surface area (Å²) >= 11 is 23.8. The van der Waals surface area contributed by atoms with Gasteiger partial charge < -0.3 is 5.32 Å². The number of rotatable bonds is 6. The van der Waals surface area contributed by atoms with Crippen molar-refractivity contribution in [2.75, 3.05) is 18.1 Å². The Morgan fingerprint density at radius 2 is 1.62 bits per heavy atom. The van der Waals surface area contributed by atoms with Gasteiger partial charge >= 0.3 is 0 Å². The van der Waals surface area contributed by atoms with Crippen molar-refractivity contribution < 1.29 is 13.2 Å². The first-order valence-electron chi connectivity index (χ1n) is 7.21. The number of nitrogens with one attached hydrogen (secondary N) is 1. The molecule has 2 rings (SSSR count).